The maximum absolute atomic E-state index is 11.2. The van der Waals surface area contributed by atoms with E-state index in [0.29, 0.717) is 13.0 Å². The SMILES string of the molecule is C=CC[C@H](C)[C@H](COCC)S(N)(=O)=O. The number of sulfonamides is 1. The van der Waals surface area contributed by atoms with Crippen molar-refractivity contribution in [2.45, 2.75) is 25.5 Å². The number of nitrogens with two attached hydrogens (primary N) is 1. The molecule has 0 unspecified atom stereocenters. The summed E-state index contributed by atoms with van der Waals surface area (Å²) in [5, 5.41) is 4.47. The Hall–Kier alpha value is -0.390. The van der Waals surface area contributed by atoms with Gasteiger partial charge in [0.25, 0.3) is 0 Å². The van der Waals surface area contributed by atoms with Gasteiger partial charge < -0.3 is 4.74 Å². The Morgan fingerprint density at radius 2 is 2.14 bits per heavy atom. The minimum atomic E-state index is -3.53. The van der Waals surface area contributed by atoms with Gasteiger partial charge in [0.1, 0.15) is 5.25 Å². The first-order valence-electron chi connectivity index (χ1n) is 4.63. The van der Waals surface area contributed by atoms with E-state index < -0.39 is 15.3 Å². The average molecular weight is 221 g/mol. The van der Waals surface area contributed by atoms with Gasteiger partial charge in [-0.15, -0.1) is 6.58 Å². The molecule has 14 heavy (non-hydrogen) atoms. The maximum Gasteiger partial charge on any atom is 0.214 e. The second kappa shape index (κ2) is 6.16. The lowest BCUT2D eigenvalue weighted by atomic mass is 10.0. The molecule has 0 saturated carbocycles. The molecule has 0 radical (unpaired) electrons. The Bertz CT molecular complexity index is 261. The Labute approximate surface area is 86.2 Å². The molecule has 0 aromatic carbocycles. The van der Waals surface area contributed by atoms with Crippen LogP contribution in [-0.2, 0) is 14.8 Å². The normalized spacial score (nSPS) is 16.2. The molecule has 0 aromatic heterocycles. The van der Waals surface area contributed by atoms with E-state index in [1.54, 1.807) is 6.08 Å². The first-order chi connectivity index (χ1) is 6.43. The number of hydrogen-bond donors (Lipinski definition) is 1. The third kappa shape index (κ3) is 4.74. The van der Waals surface area contributed by atoms with Gasteiger partial charge in [-0.3, -0.25) is 0 Å². The smallest absolute Gasteiger partial charge is 0.214 e. The summed E-state index contributed by atoms with van der Waals surface area (Å²) in [4.78, 5) is 0. The number of hydrogen-bond acceptors (Lipinski definition) is 3. The van der Waals surface area contributed by atoms with Crippen LogP contribution in [0, 0.1) is 5.92 Å². The van der Waals surface area contributed by atoms with Crippen LogP contribution in [0.4, 0.5) is 0 Å². The van der Waals surface area contributed by atoms with E-state index in [-0.39, 0.29) is 12.5 Å². The summed E-state index contributed by atoms with van der Waals surface area (Å²) in [6.07, 6.45) is 2.31. The third-order valence-corrected chi connectivity index (χ3v) is 3.53. The molecule has 0 fully saturated rings. The van der Waals surface area contributed by atoms with Crippen molar-refractivity contribution in [3.63, 3.8) is 0 Å². The number of ether oxygens (including phenoxy) is 1. The van der Waals surface area contributed by atoms with Gasteiger partial charge in [-0.1, -0.05) is 13.0 Å². The molecular formula is C9H19NO3S. The van der Waals surface area contributed by atoms with Crippen molar-refractivity contribution in [1.82, 2.24) is 0 Å². The second-order valence-electron chi connectivity index (χ2n) is 3.29. The fraction of sp³-hybridized carbons (Fsp3) is 0.778. The molecule has 5 heteroatoms. The zero-order valence-electron chi connectivity index (χ0n) is 8.77. The van der Waals surface area contributed by atoms with Crippen molar-refractivity contribution in [3.05, 3.63) is 12.7 Å². The fourth-order valence-corrected chi connectivity index (χ4v) is 2.28. The molecule has 0 bridgehead atoms. The summed E-state index contributed by atoms with van der Waals surface area (Å²) < 4.78 is 27.5. The minimum absolute atomic E-state index is 0.0611. The number of rotatable bonds is 7. The van der Waals surface area contributed by atoms with E-state index in [1.807, 2.05) is 13.8 Å². The zero-order valence-corrected chi connectivity index (χ0v) is 9.59. The average Bonchev–Trinajstić information content (AvgIpc) is 2.03. The second-order valence-corrected chi connectivity index (χ2v) is 5.07. The van der Waals surface area contributed by atoms with Crippen LogP contribution in [0.2, 0.25) is 0 Å². The molecule has 0 aliphatic rings. The lowest BCUT2D eigenvalue weighted by molar-refractivity contribution is 0.136. The van der Waals surface area contributed by atoms with Crippen LogP contribution in [0.5, 0.6) is 0 Å². The van der Waals surface area contributed by atoms with Crippen LogP contribution < -0.4 is 5.14 Å². The molecule has 4 nitrogen and oxygen atoms in total. The summed E-state index contributed by atoms with van der Waals surface area (Å²) in [6, 6.07) is 0. The van der Waals surface area contributed by atoms with Crippen LogP contribution in [0.15, 0.2) is 12.7 Å². The molecule has 84 valence electrons. The molecule has 0 spiro atoms. The van der Waals surface area contributed by atoms with Crippen LogP contribution >= 0.6 is 0 Å². The van der Waals surface area contributed by atoms with Crippen molar-refractivity contribution >= 4 is 10.0 Å². The molecule has 0 aliphatic heterocycles. The van der Waals surface area contributed by atoms with Gasteiger partial charge in [-0.2, -0.15) is 0 Å². The zero-order chi connectivity index (χ0) is 11.2. The Kier molecular flexibility index (Phi) is 5.99. The molecule has 2 atom stereocenters. The summed E-state index contributed by atoms with van der Waals surface area (Å²) in [5.41, 5.74) is 0. The maximum atomic E-state index is 11.2. The minimum Gasteiger partial charge on any atom is -0.380 e. The fourth-order valence-electron chi connectivity index (χ4n) is 1.23. The third-order valence-electron chi connectivity index (χ3n) is 2.08. The van der Waals surface area contributed by atoms with E-state index in [1.165, 1.54) is 0 Å². The lowest BCUT2D eigenvalue weighted by Gasteiger charge is -2.20. The van der Waals surface area contributed by atoms with E-state index in [4.69, 9.17) is 9.88 Å². The summed E-state index contributed by atoms with van der Waals surface area (Å²) in [5.74, 6) is -0.0611. The lowest BCUT2D eigenvalue weighted by Crippen LogP contribution is -2.37. The molecule has 0 amide bonds. The van der Waals surface area contributed by atoms with Gasteiger partial charge in [0, 0.05) is 6.61 Å². The van der Waals surface area contributed by atoms with Gasteiger partial charge in [-0.05, 0) is 19.3 Å². The topological polar surface area (TPSA) is 69.4 Å². The van der Waals surface area contributed by atoms with Crippen molar-refractivity contribution in [2.24, 2.45) is 11.1 Å². The highest BCUT2D eigenvalue weighted by Gasteiger charge is 2.27. The summed E-state index contributed by atoms with van der Waals surface area (Å²) in [7, 11) is -3.53. The quantitative estimate of drug-likeness (QED) is 0.649. The largest absolute Gasteiger partial charge is 0.380 e. The highest BCUT2D eigenvalue weighted by Crippen LogP contribution is 2.15. The number of primary sulfonamides is 1. The van der Waals surface area contributed by atoms with Gasteiger partial charge in [-0.25, -0.2) is 13.6 Å². The van der Waals surface area contributed by atoms with Crippen molar-refractivity contribution in [1.29, 1.82) is 0 Å². The standard InChI is InChI=1S/C9H19NO3S/c1-4-6-8(3)9(7-13-5-2)14(10,11)12/h4,8-9H,1,5-7H2,2-3H3,(H2,10,11,12)/t8-,9-/m0/s1. The first kappa shape index (κ1) is 13.6. The van der Waals surface area contributed by atoms with Crippen LogP contribution in [0.1, 0.15) is 20.3 Å². The van der Waals surface area contributed by atoms with Crippen LogP contribution in [0.3, 0.4) is 0 Å². The van der Waals surface area contributed by atoms with Crippen LogP contribution in [-0.4, -0.2) is 26.9 Å². The molecule has 0 rings (SSSR count). The molecule has 0 heterocycles. The monoisotopic (exact) mass is 221 g/mol. The van der Waals surface area contributed by atoms with Gasteiger partial charge in [0.05, 0.1) is 6.61 Å². The predicted molar refractivity (Wildman–Crippen MR) is 57.4 cm³/mol. The van der Waals surface area contributed by atoms with E-state index in [0.717, 1.165) is 0 Å². The summed E-state index contributed by atoms with van der Waals surface area (Å²) >= 11 is 0. The Balaban J connectivity index is 4.46. The van der Waals surface area contributed by atoms with Crippen molar-refractivity contribution < 1.29 is 13.2 Å². The van der Waals surface area contributed by atoms with Crippen LogP contribution in [0.25, 0.3) is 0 Å². The van der Waals surface area contributed by atoms with Gasteiger partial charge in [0.15, 0.2) is 0 Å². The summed E-state index contributed by atoms with van der Waals surface area (Å²) in [6.45, 7) is 7.87. The molecule has 0 aromatic rings. The van der Waals surface area contributed by atoms with E-state index >= 15 is 0 Å². The van der Waals surface area contributed by atoms with Gasteiger partial charge >= 0.3 is 0 Å². The van der Waals surface area contributed by atoms with E-state index in [2.05, 4.69) is 6.58 Å². The molecule has 0 saturated heterocycles. The highest BCUT2D eigenvalue weighted by atomic mass is 32.2. The van der Waals surface area contributed by atoms with Crippen molar-refractivity contribution in [3.8, 4) is 0 Å². The molecular weight excluding hydrogens is 202 g/mol. The van der Waals surface area contributed by atoms with Gasteiger partial charge in [0.2, 0.25) is 10.0 Å². The Morgan fingerprint density at radius 1 is 1.57 bits per heavy atom. The van der Waals surface area contributed by atoms with Crippen molar-refractivity contribution in [2.75, 3.05) is 13.2 Å². The Morgan fingerprint density at radius 3 is 2.50 bits per heavy atom. The molecule has 2 N–H and O–H groups in total. The van der Waals surface area contributed by atoms with E-state index in [9.17, 15) is 8.42 Å². The number of allylic oxidation sites excluding steroid dienone is 1. The predicted octanol–water partition coefficient (Wildman–Crippen LogP) is 0.892. The highest BCUT2D eigenvalue weighted by molar-refractivity contribution is 7.89. The molecule has 0 aliphatic carbocycles. The first-order valence-corrected chi connectivity index (χ1v) is 6.24.